The van der Waals surface area contributed by atoms with E-state index in [1.54, 1.807) is 0 Å². The Bertz CT molecular complexity index is 420. The molecule has 108 valence electrons. The second-order valence-corrected chi connectivity index (χ2v) is 8.20. The van der Waals surface area contributed by atoms with E-state index in [2.05, 4.69) is 20.7 Å². The molecular formula is C14H22BrNO2S. The van der Waals surface area contributed by atoms with Gasteiger partial charge in [-0.3, -0.25) is 0 Å². The second kappa shape index (κ2) is 6.97. The number of rotatable bonds is 5. The van der Waals surface area contributed by atoms with Crippen LogP contribution in [-0.4, -0.2) is 15.9 Å². The summed E-state index contributed by atoms with van der Waals surface area (Å²) in [5.74, 6) is 0.829. The Morgan fingerprint density at radius 1 is 1.42 bits per heavy atom. The molecule has 0 amide bonds. The maximum absolute atomic E-state index is 12.1. The fourth-order valence-corrected chi connectivity index (χ4v) is 2.79. The third-order valence-electron chi connectivity index (χ3n) is 2.60. The van der Waals surface area contributed by atoms with Crippen LogP contribution in [0.4, 0.5) is 0 Å². The van der Waals surface area contributed by atoms with Crippen molar-refractivity contribution in [1.29, 1.82) is 0 Å². The zero-order valence-electron chi connectivity index (χ0n) is 12.1. The minimum atomic E-state index is -1.08. The van der Waals surface area contributed by atoms with E-state index in [9.17, 15) is 4.55 Å². The molecular weight excluding hydrogens is 326 g/mol. The molecule has 0 aliphatic carbocycles. The number of hydrogen-bond acceptors (Lipinski definition) is 3. The summed E-state index contributed by atoms with van der Waals surface area (Å²) in [6.07, 6.45) is 0. The first-order valence-electron chi connectivity index (χ1n) is 6.36. The highest BCUT2D eigenvalue weighted by molar-refractivity contribution is 9.10. The standard InChI is InChI=1S/C14H22BrNO2S/c1-6-18-13-8-7-11(9-12(13)15)10(2)16-19(17)14(3,4)5/h7-10,16H,6H2,1-5H3/t10-,19?/m1/s1. The summed E-state index contributed by atoms with van der Waals surface area (Å²) >= 11 is 2.41. The molecule has 1 aromatic carbocycles. The van der Waals surface area contributed by atoms with Crippen LogP contribution in [0.2, 0.25) is 0 Å². The Balaban J connectivity index is 2.78. The number of nitrogens with one attached hydrogen (secondary N) is 1. The summed E-state index contributed by atoms with van der Waals surface area (Å²) in [5.41, 5.74) is 1.08. The Hall–Kier alpha value is -0.230. The lowest BCUT2D eigenvalue weighted by Gasteiger charge is -2.26. The lowest BCUT2D eigenvalue weighted by Crippen LogP contribution is -2.40. The molecule has 0 aromatic heterocycles. The lowest BCUT2D eigenvalue weighted by atomic mass is 10.1. The van der Waals surface area contributed by atoms with E-state index in [1.807, 2.05) is 52.8 Å². The van der Waals surface area contributed by atoms with Crippen molar-refractivity contribution in [3.63, 3.8) is 0 Å². The van der Waals surface area contributed by atoms with Gasteiger partial charge >= 0.3 is 0 Å². The highest BCUT2D eigenvalue weighted by Gasteiger charge is 2.28. The molecule has 5 heteroatoms. The van der Waals surface area contributed by atoms with Crippen molar-refractivity contribution in [2.45, 2.75) is 45.4 Å². The Kier molecular flexibility index (Phi) is 6.17. The highest BCUT2D eigenvalue weighted by atomic mass is 79.9. The summed E-state index contributed by atoms with van der Waals surface area (Å²) in [4.78, 5) is 0. The first-order chi connectivity index (χ1) is 8.75. The molecule has 2 atom stereocenters. The van der Waals surface area contributed by atoms with Gasteiger partial charge < -0.3 is 9.29 Å². The zero-order valence-corrected chi connectivity index (χ0v) is 14.5. The van der Waals surface area contributed by atoms with Crippen LogP contribution in [0.3, 0.4) is 0 Å². The van der Waals surface area contributed by atoms with E-state index in [-0.39, 0.29) is 10.8 Å². The smallest absolute Gasteiger partial charge is 0.136 e. The van der Waals surface area contributed by atoms with Gasteiger partial charge in [0.15, 0.2) is 0 Å². The molecule has 0 aliphatic heterocycles. The predicted molar refractivity (Wildman–Crippen MR) is 84.8 cm³/mol. The predicted octanol–water partition coefficient (Wildman–Crippen LogP) is 3.96. The van der Waals surface area contributed by atoms with Gasteiger partial charge in [-0.1, -0.05) is 6.07 Å². The molecule has 19 heavy (non-hydrogen) atoms. The van der Waals surface area contributed by atoms with Crippen LogP contribution in [0.5, 0.6) is 5.75 Å². The molecule has 0 heterocycles. The first-order valence-corrected chi connectivity index (χ1v) is 8.30. The average molecular weight is 348 g/mol. The molecule has 3 nitrogen and oxygen atoms in total. The second-order valence-electron chi connectivity index (χ2n) is 5.34. The molecule has 0 radical (unpaired) electrons. The van der Waals surface area contributed by atoms with Gasteiger partial charge in [-0.15, -0.1) is 4.72 Å². The van der Waals surface area contributed by atoms with E-state index in [0.717, 1.165) is 15.8 Å². The van der Waals surface area contributed by atoms with E-state index in [0.29, 0.717) is 6.61 Å². The van der Waals surface area contributed by atoms with Crippen LogP contribution in [0, 0.1) is 0 Å². The van der Waals surface area contributed by atoms with Crippen LogP contribution < -0.4 is 9.46 Å². The van der Waals surface area contributed by atoms with Gasteiger partial charge in [0, 0.05) is 11.4 Å². The maximum atomic E-state index is 12.1. The first kappa shape index (κ1) is 16.8. The van der Waals surface area contributed by atoms with Crippen molar-refractivity contribution in [2.75, 3.05) is 6.61 Å². The van der Waals surface area contributed by atoms with Crippen molar-refractivity contribution in [1.82, 2.24) is 4.72 Å². The molecule has 0 bridgehead atoms. The van der Waals surface area contributed by atoms with Crippen LogP contribution >= 0.6 is 15.9 Å². The Morgan fingerprint density at radius 2 is 2.05 bits per heavy atom. The molecule has 0 saturated heterocycles. The van der Waals surface area contributed by atoms with Crippen molar-refractivity contribution < 1.29 is 9.29 Å². The van der Waals surface area contributed by atoms with Gasteiger partial charge in [0.1, 0.15) is 10.5 Å². The van der Waals surface area contributed by atoms with Crippen LogP contribution in [0.1, 0.15) is 46.2 Å². The minimum absolute atomic E-state index is 0.0204. The highest BCUT2D eigenvalue weighted by Crippen LogP contribution is 2.29. The molecule has 0 fully saturated rings. The number of hydrogen-bond donors (Lipinski definition) is 1. The Labute approximate surface area is 127 Å². The van der Waals surface area contributed by atoms with Gasteiger partial charge in [-0.2, -0.15) is 0 Å². The van der Waals surface area contributed by atoms with Crippen LogP contribution in [0.25, 0.3) is 0 Å². The largest absolute Gasteiger partial charge is 0.598 e. The molecule has 0 spiro atoms. The normalized spacial score (nSPS) is 15.1. The van der Waals surface area contributed by atoms with Gasteiger partial charge in [0.05, 0.1) is 17.1 Å². The molecule has 1 unspecified atom stereocenters. The van der Waals surface area contributed by atoms with Crippen molar-refractivity contribution in [2.24, 2.45) is 0 Å². The third-order valence-corrected chi connectivity index (χ3v) is 4.90. The fraction of sp³-hybridized carbons (Fsp3) is 0.571. The average Bonchev–Trinajstić information content (AvgIpc) is 2.30. The molecule has 0 aliphatic rings. The summed E-state index contributed by atoms with van der Waals surface area (Å²) in [6, 6.07) is 5.95. The lowest BCUT2D eigenvalue weighted by molar-refractivity contribution is 0.338. The summed E-state index contributed by atoms with van der Waals surface area (Å²) in [6.45, 7) is 10.5. The maximum Gasteiger partial charge on any atom is 0.136 e. The van der Waals surface area contributed by atoms with E-state index >= 15 is 0 Å². The quantitative estimate of drug-likeness (QED) is 0.819. The summed E-state index contributed by atoms with van der Waals surface area (Å²) < 4.78 is 21.3. The molecule has 1 N–H and O–H groups in total. The van der Waals surface area contributed by atoms with Gasteiger partial charge in [0.2, 0.25) is 0 Å². The van der Waals surface area contributed by atoms with Crippen LogP contribution in [0.15, 0.2) is 22.7 Å². The van der Waals surface area contributed by atoms with Gasteiger partial charge in [0.25, 0.3) is 0 Å². The van der Waals surface area contributed by atoms with Gasteiger partial charge in [-0.25, -0.2) is 0 Å². The van der Waals surface area contributed by atoms with E-state index in [4.69, 9.17) is 4.74 Å². The molecule has 1 aromatic rings. The van der Waals surface area contributed by atoms with E-state index < -0.39 is 11.4 Å². The third kappa shape index (κ3) is 4.99. The van der Waals surface area contributed by atoms with Gasteiger partial charge in [-0.05, 0) is 68.2 Å². The number of benzene rings is 1. The minimum Gasteiger partial charge on any atom is -0.598 e. The fourth-order valence-electron chi connectivity index (χ4n) is 1.46. The zero-order chi connectivity index (χ0) is 14.6. The Morgan fingerprint density at radius 3 is 2.53 bits per heavy atom. The van der Waals surface area contributed by atoms with Crippen molar-refractivity contribution >= 4 is 27.3 Å². The summed E-state index contributed by atoms with van der Waals surface area (Å²) in [5, 5.41) is 0. The monoisotopic (exact) mass is 347 g/mol. The topological polar surface area (TPSA) is 44.3 Å². The van der Waals surface area contributed by atoms with Crippen molar-refractivity contribution in [3.05, 3.63) is 28.2 Å². The SMILES string of the molecule is CCOc1ccc([C@@H](C)N[S+]([O-])C(C)(C)C)cc1Br. The number of halogens is 1. The molecule has 0 saturated carbocycles. The number of ether oxygens (including phenoxy) is 1. The molecule has 1 rings (SSSR count). The van der Waals surface area contributed by atoms with Crippen molar-refractivity contribution in [3.8, 4) is 5.75 Å². The summed E-state index contributed by atoms with van der Waals surface area (Å²) in [7, 11) is 0. The van der Waals surface area contributed by atoms with Crippen LogP contribution in [-0.2, 0) is 11.4 Å². The van der Waals surface area contributed by atoms with E-state index in [1.165, 1.54) is 0 Å².